The minimum Gasteiger partial charge on any atom is -0.369 e. The van der Waals surface area contributed by atoms with Crippen LogP contribution < -0.4 is 16.4 Å². The summed E-state index contributed by atoms with van der Waals surface area (Å²) < 4.78 is 0. The van der Waals surface area contributed by atoms with Crippen LogP contribution in [0.4, 0.5) is 4.79 Å². The molecule has 0 aromatic heterocycles. The van der Waals surface area contributed by atoms with Gasteiger partial charge in [0.2, 0.25) is 5.91 Å². The normalized spacial score (nSPS) is 28.0. The van der Waals surface area contributed by atoms with Crippen molar-refractivity contribution < 1.29 is 9.59 Å². The molecule has 2 aliphatic heterocycles. The molecule has 0 bridgehead atoms. The van der Waals surface area contributed by atoms with Gasteiger partial charge in [0.25, 0.3) is 0 Å². The van der Waals surface area contributed by atoms with Crippen molar-refractivity contribution in [2.75, 3.05) is 5.75 Å². The van der Waals surface area contributed by atoms with Crippen LogP contribution in [-0.2, 0) is 4.79 Å². The molecule has 2 aliphatic rings. The summed E-state index contributed by atoms with van der Waals surface area (Å²) in [6.07, 6.45) is 8.62. The molecule has 2 saturated heterocycles. The number of amides is 3. The molecule has 126 valence electrons. The number of nitrogens with two attached hydrogens (primary N) is 1. The minimum atomic E-state index is -0.149. The largest absolute Gasteiger partial charge is 0.369 e. The second kappa shape index (κ2) is 8.65. The number of urea groups is 1. The average molecular weight is 327 g/mol. The second-order valence-corrected chi connectivity index (χ2v) is 7.77. The monoisotopic (exact) mass is 327 g/mol. The van der Waals surface area contributed by atoms with Crippen LogP contribution in [-0.4, -0.2) is 35.0 Å². The van der Waals surface area contributed by atoms with E-state index in [0.29, 0.717) is 5.25 Å². The summed E-state index contributed by atoms with van der Waals surface area (Å²) in [5.74, 6) is 0.865. The van der Waals surface area contributed by atoms with E-state index in [4.69, 9.17) is 5.73 Å². The minimum absolute atomic E-state index is 0.0235. The highest BCUT2D eigenvalue weighted by Gasteiger charge is 2.42. The van der Waals surface area contributed by atoms with E-state index in [2.05, 4.69) is 17.6 Å². The predicted octanol–water partition coefficient (Wildman–Crippen LogP) is 2.39. The second-order valence-electron chi connectivity index (χ2n) is 6.50. The van der Waals surface area contributed by atoms with Crippen LogP contribution in [0.1, 0.15) is 58.3 Å². The molecule has 2 fully saturated rings. The van der Waals surface area contributed by atoms with Crippen LogP contribution in [0.25, 0.3) is 0 Å². The molecule has 4 atom stereocenters. The van der Waals surface area contributed by atoms with Gasteiger partial charge in [0.1, 0.15) is 0 Å². The first-order valence-electron chi connectivity index (χ1n) is 8.59. The summed E-state index contributed by atoms with van der Waals surface area (Å²) in [6.45, 7) is 2.19. The van der Waals surface area contributed by atoms with Crippen molar-refractivity contribution >= 4 is 23.7 Å². The first kappa shape index (κ1) is 17.4. The summed E-state index contributed by atoms with van der Waals surface area (Å²) >= 11 is 1.93. The van der Waals surface area contributed by atoms with Crippen LogP contribution in [0.5, 0.6) is 0 Å². The summed E-state index contributed by atoms with van der Waals surface area (Å²) in [5.41, 5.74) is 5.54. The highest BCUT2D eigenvalue weighted by atomic mass is 32.2. The van der Waals surface area contributed by atoms with E-state index in [0.717, 1.165) is 37.9 Å². The Bertz CT molecular complexity index is 392. The topological polar surface area (TPSA) is 84.2 Å². The van der Waals surface area contributed by atoms with E-state index in [9.17, 15) is 9.59 Å². The van der Waals surface area contributed by atoms with Crippen LogP contribution in [0, 0.1) is 5.92 Å². The fourth-order valence-corrected chi connectivity index (χ4v) is 5.00. The van der Waals surface area contributed by atoms with E-state index < -0.39 is 0 Å². The first-order valence-corrected chi connectivity index (χ1v) is 9.64. The molecule has 0 saturated carbocycles. The average Bonchev–Trinajstić information content (AvgIpc) is 3.01. The Labute approximate surface area is 137 Å². The quantitative estimate of drug-likeness (QED) is 0.425. The molecule has 0 aromatic rings. The highest BCUT2D eigenvalue weighted by molar-refractivity contribution is 8.00. The summed E-state index contributed by atoms with van der Waals surface area (Å²) in [4.78, 5) is 22.9. The van der Waals surface area contributed by atoms with Gasteiger partial charge in [-0.3, -0.25) is 4.79 Å². The predicted molar refractivity (Wildman–Crippen MR) is 90.8 cm³/mol. The van der Waals surface area contributed by atoms with Crippen molar-refractivity contribution in [2.45, 2.75) is 75.6 Å². The number of hydrogen-bond acceptors (Lipinski definition) is 3. The maximum atomic E-state index is 11.6. The number of primary amides is 1. The number of hydrogen-bond donors (Lipinski definition) is 3. The van der Waals surface area contributed by atoms with Gasteiger partial charge in [-0.1, -0.05) is 39.0 Å². The third kappa shape index (κ3) is 4.80. The molecule has 0 radical (unpaired) electrons. The lowest BCUT2D eigenvalue weighted by Crippen LogP contribution is -2.36. The molecule has 22 heavy (non-hydrogen) atoms. The number of thioether (sulfide) groups is 1. The third-order valence-corrected chi connectivity index (χ3v) is 6.30. The number of fused-ring (bicyclic) bond motifs is 1. The number of carbonyl (C=O) groups is 2. The van der Waals surface area contributed by atoms with E-state index >= 15 is 0 Å². The molecule has 2 rings (SSSR count). The van der Waals surface area contributed by atoms with Crippen LogP contribution in [0.15, 0.2) is 0 Å². The number of carbonyl (C=O) groups excluding carboxylic acids is 2. The molecule has 4 N–H and O–H groups in total. The molecule has 3 amide bonds. The zero-order valence-corrected chi connectivity index (χ0v) is 14.3. The van der Waals surface area contributed by atoms with Crippen molar-refractivity contribution in [3.8, 4) is 0 Å². The van der Waals surface area contributed by atoms with Gasteiger partial charge < -0.3 is 16.4 Å². The molecular weight excluding hydrogens is 298 g/mol. The Morgan fingerprint density at radius 3 is 2.77 bits per heavy atom. The lowest BCUT2D eigenvalue weighted by Gasteiger charge is -2.18. The van der Waals surface area contributed by atoms with E-state index in [-0.39, 0.29) is 29.9 Å². The standard InChI is InChI=1S/C16H29N3O2S/c1-2-3-4-5-7-11(15(17)20)8-6-9-13-14-12(10-22-13)18-16(21)19-14/h11-14H,2-10H2,1H3,(H2,17,20)(H2,18,19,21)/t11?,12-,13-,14-/m0/s1. The van der Waals surface area contributed by atoms with Gasteiger partial charge in [-0.15, -0.1) is 0 Å². The van der Waals surface area contributed by atoms with Gasteiger partial charge in [0, 0.05) is 16.9 Å². The van der Waals surface area contributed by atoms with Crippen molar-refractivity contribution in [3.05, 3.63) is 0 Å². The lowest BCUT2D eigenvalue weighted by molar-refractivity contribution is -0.122. The van der Waals surface area contributed by atoms with E-state index in [1.54, 1.807) is 0 Å². The fraction of sp³-hybridized carbons (Fsp3) is 0.875. The Balaban J connectivity index is 1.67. The van der Waals surface area contributed by atoms with Crippen molar-refractivity contribution in [1.82, 2.24) is 10.6 Å². The summed E-state index contributed by atoms with van der Waals surface area (Å²) in [5, 5.41) is 6.44. The smallest absolute Gasteiger partial charge is 0.315 e. The number of rotatable bonds is 10. The zero-order valence-electron chi connectivity index (χ0n) is 13.5. The van der Waals surface area contributed by atoms with Crippen molar-refractivity contribution in [2.24, 2.45) is 11.7 Å². The molecule has 6 heteroatoms. The Morgan fingerprint density at radius 1 is 1.27 bits per heavy atom. The van der Waals surface area contributed by atoms with Gasteiger partial charge in [0.15, 0.2) is 0 Å². The van der Waals surface area contributed by atoms with Crippen LogP contribution in [0.2, 0.25) is 0 Å². The zero-order chi connectivity index (χ0) is 15.9. The third-order valence-electron chi connectivity index (χ3n) is 4.79. The van der Waals surface area contributed by atoms with E-state index in [1.165, 1.54) is 19.3 Å². The summed E-state index contributed by atoms with van der Waals surface area (Å²) in [7, 11) is 0. The van der Waals surface area contributed by atoms with Gasteiger partial charge in [-0.2, -0.15) is 11.8 Å². The molecule has 2 heterocycles. The van der Waals surface area contributed by atoms with Crippen molar-refractivity contribution in [1.29, 1.82) is 0 Å². The Kier molecular flexibility index (Phi) is 6.86. The number of unbranched alkanes of at least 4 members (excludes halogenated alkanes) is 3. The molecule has 0 aliphatic carbocycles. The van der Waals surface area contributed by atoms with Gasteiger partial charge in [-0.05, 0) is 19.3 Å². The molecular formula is C16H29N3O2S. The Hall–Kier alpha value is -0.910. The molecule has 5 nitrogen and oxygen atoms in total. The SMILES string of the molecule is CCCCCCC(CCC[C@@H]1SC[C@@H]2NC(=O)N[C@@H]21)C(N)=O. The lowest BCUT2D eigenvalue weighted by atomic mass is 9.93. The molecule has 0 spiro atoms. The fourth-order valence-electron chi connectivity index (χ4n) is 3.45. The van der Waals surface area contributed by atoms with Crippen LogP contribution >= 0.6 is 11.8 Å². The van der Waals surface area contributed by atoms with E-state index in [1.807, 2.05) is 11.8 Å². The molecule has 0 aromatic carbocycles. The Morgan fingerprint density at radius 2 is 2.05 bits per heavy atom. The van der Waals surface area contributed by atoms with Crippen LogP contribution in [0.3, 0.4) is 0 Å². The molecule has 1 unspecified atom stereocenters. The summed E-state index contributed by atoms with van der Waals surface area (Å²) in [6, 6.07) is 0.504. The number of nitrogens with one attached hydrogen (secondary N) is 2. The maximum absolute atomic E-state index is 11.6. The first-order chi connectivity index (χ1) is 10.6. The van der Waals surface area contributed by atoms with Crippen molar-refractivity contribution in [3.63, 3.8) is 0 Å². The van der Waals surface area contributed by atoms with Gasteiger partial charge in [0.05, 0.1) is 12.1 Å². The van der Waals surface area contributed by atoms with Gasteiger partial charge >= 0.3 is 6.03 Å². The van der Waals surface area contributed by atoms with Gasteiger partial charge in [-0.25, -0.2) is 4.79 Å². The maximum Gasteiger partial charge on any atom is 0.315 e. The highest BCUT2D eigenvalue weighted by Crippen LogP contribution is 2.33.